The van der Waals surface area contributed by atoms with Crippen LogP contribution in [0.5, 0.6) is 0 Å². The summed E-state index contributed by atoms with van der Waals surface area (Å²) in [5, 5.41) is 8.81. The summed E-state index contributed by atoms with van der Waals surface area (Å²) in [5.74, 6) is 6.73. The fourth-order valence-electron chi connectivity index (χ4n) is 2.88. The summed E-state index contributed by atoms with van der Waals surface area (Å²) in [6.45, 7) is 11.2. The van der Waals surface area contributed by atoms with E-state index in [-0.39, 0.29) is 12.5 Å². The Morgan fingerprint density at radius 2 is 2.14 bits per heavy atom. The molecule has 1 atom stereocenters. The molecule has 0 radical (unpaired) electrons. The quantitative estimate of drug-likeness (QED) is 0.567. The number of rotatable bonds is 4. The molecule has 1 nitrogen and oxygen atoms in total. The van der Waals surface area contributed by atoms with E-state index in [4.69, 9.17) is 5.11 Å². The second-order valence-corrected chi connectivity index (χ2v) is 6.81. The van der Waals surface area contributed by atoms with Crippen molar-refractivity contribution in [1.82, 2.24) is 0 Å². The Kier molecular flexibility index (Phi) is 6.99. The van der Waals surface area contributed by atoms with Crippen LogP contribution in [0.3, 0.4) is 0 Å². The number of allylic oxidation sites excluding steroid dienone is 5. The molecule has 0 amide bonds. The maximum Gasteiger partial charge on any atom is 0.0615 e. The van der Waals surface area contributed by atoms with Gasteiger partial charge >= 0.3 is 0 Å². The fourth-order valence-corrected chi connectivity index (χ4v) is 2.88. The second kappa shape index (κ2) is 8.25. The summed E-state index contributed by atoms with van der Waals surface area (Å²) in [4.78, 5) is 0. The fraction of sp³-hybridized carbons (Fsp3) is 0.600. The van der Waals surface area contributed by atoms with Crippen LogP contribution in [0.25, 0.3) is 0 Å². The second-order valence-electron chi connectivity index (χ2n) is 6.81. The van der Waals surface area contributed by atoms with Gasteiger partial charge < -0.3 is 5.11 Å². The number of hydrogen-bond donors (Lipinski definition) is 1. The van der Waals surface area contributed by atoms with Crippen molar-refractivity contribution in [3.8, 4) is 11.8 Å². The van der Waals surface area contributed by atoms with E-state index in [2.05, 4.69) is 51.7 Å². The van der Waals surface area contributed by atoms with E-state index in [0.29, 0.717) is 5.41 Å². The summed E-state index contributed by atoms with van der Waals surface area (Å²) < 4.78 is 0. The van der Waals surface area contributed by atoms with Crippen LogP contribution in [0.15, 0.2) is 34.9 Å². The van der Waals surface area contributed by atoms with Gasteiger partial charge in [0, 0.05) is 12.3 Å². The minimum absolute atomic E-state index is 0.103. The van der Waals surface area contributed by atoms with Crippen LogP contribution < -0.4 is 0 Å². The molecule has 0 aliphatic heterocycles. The van der Waals surface area contributed by atoms with Crippen molar-refractivity contribution in [2.24, 2.45) is 11.3 Å². The van der Waals surface area contributed by atoms with Crippen molar-refractivity contribution in [2.75, 3.05) is 6.61 Å². The third kappa shape index (κ3) is 5.94. The average molecular weight is 286 g/mol. The molecule has 0 saturated carbocycles. The Bertz CT molecular complexity index is 492. The number of aliphatic hydroxyl groups excluding tert-OH is 1. The third-order valence-corrected chi connectivity index (χ3v) is 4.23. The van der Waals surface area contributed by atoms with Gasteiger partial charge in [0.05, 0.1) is 6.61 Å². The van der Waals surface area contributed by atoms with Crippen LogP contribution in [-0.2, 0) is 0 Å². The summed E-state index contributed by atoms with van der Waals surface area (Å²) in [6, 6.07) is 0. The smallest absolute Gasteiger partial charge is 0.0615 e. The van der Waals surface area contributed by atoms with E-state index >= 15 is 0 Å². The Balaban J connectivity index is 2.68. The van der Waals surface area contributed by atoms with Crippen molar-refractivity contribution >= 4 is 0 Å². The van der Waals surface area contributed by atoms with E-state index in [1.54, 1.807) is 0 Å². The first-order valence-electron chi connectivity index (χ1n) is 8.00. The van der Waals surface area contributed by atoms with Crippen LogP contribution in [0, 0.1) is 23.2 Å². The lowest BCUT2D eigenvalue weighted by Crippen LogP contribution is -2.19. The van der Waals surface area contributed by atoms with Crippen molar-refractivity contribution in [3.63, 3.8) is 0 Å². The van der Waals surface area contributed by atoms with Gasteiger partial charge in [-0.25, -0.2) is 0 Å². The molecule has 0 aromatic rings. The molecule has 1 N–H and O–H groups in total. The molecule has 21 heavy (non-hydrogen) atoms. The maximum atomic E-state index is 8.81. The lowest BCUT2D eigenvalue weighted by atomic mass is 9.72. The molecular formula is C20H30O. The average Bonchev–Trinajstić information content (AvgIpc) is 2.37. The van der Waals surface area contributed by atoms with Crippen molar-refractivity contribution < 1.29 is 5.11 Å². The van der Waals surface area contributed by atoms with E-state index in [9.17, 15) is 0 Å². The van der Waals surface area contributed by atoms with Gasteiger partial charge in [0.1, 0.15) is 0 Å². The van der Waals surface area contributed by atoms with Gasteiger partial charge in [0.15, 0.2) is 0 Å². The zero-order chi connectivity index (χ0) is 15.9. The van der Waals surface area contributed by atoms with Gasteiger partial charge in [0.25, 0.3) is 0 Å². The lowest BCUT2D eigenvalue weighted by Gasteiger charge is -2.33. The van der Waals surface area contributed by atoms with Crippen LogP contribution in [0.4, 0.5) is 0 Å². The zero-order valence-electron chi connectivity index (χ0n) is 14.3. The highest BCUT2D eigenvalue weighted by atomic mass is 16.2. The maximum absolute atomic E-state index is 8.81. The minimum Gasteiger partial charge on any atom is -0.392 e. The third-order valence-electron chi connectivity index (χ3n) is 4.23. The molecule has 1 aliphatic carbocycles. The van der Waals surface area contributed by atoms with Crippen molar-refractivity contribution in [2.45, 2.75) is 60.3 Å². The SMILES string of the molecule is CC1=C(/C=C/C(C)C#CC/C(C)=C/CO)C(C)(C)CCC1. The summed E-state index contributed by atoms with van der Waals surface area (Å²) in [5.41, 5.74) is 4.46. The predicted octanol–water partition coefficient (Wildman–Crippen LogP) is 5.04. The largest absolute Gasteiger partial charge is 0.392 e. The molecule has 0 spiro atoms. The molecule has 1 aliphatic rings. The zero-order valence-corrected chi connectivity index (χ0v) is 14.3. The van der Waals surface area contributed by atoms with Gasteiger partial charge in [-0.05, 0) is 51.0 Å². The van der Waals surface area contributed by atoms with Crippen LogP contribution in [-0.4, -0.2) is 11.7 Å². The molecule has 0 fully saturated rings. The lowest BCUT2D eigenvalue weighted by molar-refractivity contribution is 0.341. The van der Waals surface area contributed by atoms with Gasteiger partial charge in [-0.15, -0.1) is 0 Å². The van der Waals surface area contributed by atoms with Gasteiger partial charge in [-0.3, -0.25) is 0 Å². The molecule has 1 unspecified atom stereocenters. The topological polar surface area (TPSA) is 20.2 Å². The first-order chi connectivity index (χ1) is 9.86. The van der Waals surface area contributed by atoms with E-state index in [1.807, 2.05) is 13.0 Å². The van der Waals surface area contributed by atoms with Crippen LogP contribution in [0.1, 0.15) is 60.3 Å². The molecule has 0 aromatic heterocycles. The monoisotopic (exact) mass is 286 g/mol. The number of aliphatic hydroxyl groups is 1. The van der Waals surface area contributed by atoms with Crippen molar-refractivity contribution in [1.29, 1.82) is 0 Å². The van der Waals surface area contributed by atoms with Gasteiger partial charge in [0.2, 0.25) is 0 Å². The highest BCUT2D eigenvalue weighted by Gasteiger charge is 2.26. The summed E-state index contributed by atoms with van der Waals surface area (Å²) in [6.07, 6.45) is 10.9. The first-order valence-corrected chi connectivity index (χ1v) is 8.00. The van der Waals surface area contributed by atoms with Crippen LogP contribution >= 0.6 is 0 Å². The molecule has 0 heterocycles. The summed E-state index contributed by atoms with van der Waals surface area (Å²) in [7, 11) is 0. The number of hydrogen-bond acceptors (Lipinski definition) is 1. The molecule has 0 aromatic carbocycles. The minimum atomic E-state index is 0.103. The normalized spacial score (nSPS) is 20.4. The first kappa shape index (κ1) is 17.8. The van der Waals surface area contributed by atoms with Gasteiger partial charge in [-0.2, -0.15) is 0 Å². The van der Waals surface area contributed by atoms with Gasteiger partial charge in [-0.1, -0.05) is 55.1 Å². The Morgan fingerprint density at radius 3 is 2.76 bits per heavy atom. The predicted molar refractivity (Wildman–Crippen MR) is 91.9 cm³/mol. The highest BCUT2D eigenvalue weighted by Crippen LogP contribution is 2.40. The Morgan fingerprint density at radius 1 is 1.43 bits per heavy atom. The van der Waals surface area contributed by atoms with Crippen LogP contribution in [0.2, 0.25) is 0 Å². The molecule has 0 bridgehead atoms. The van der Waals surface area contributed by atoms with E-state index < -0.39 is 0 Å². The molecule has 1 heteroatoms. The highest BCUT2D eigenvalue weighted by molar-refractivity contribution is 5.33. The molecule has 116 valence electrons. The molecular weight excluding hydrogens is 256 g/mol. The molecule has 1 rings (SSSR count). The van der Waals surface area contributed by atoms with Crippen molar-refractivity contribution in [3.05, 3.63) is 34.9 Å². The summed E-state index contributed by atoms with van der Waals surface area (Å²) >= 11 is 0. The molecule has 0 saturated heterocycles. The van der Waals surface area contributed by atoms with E-state index in [1.165, 1.54) is 30.4 Å². The standard InChI is InChI=1S/C20H30O/c1-16(8-6-9-17(2)13-15-21)11-12-19-18(3)10-7-14-20(19,4)5/h11-13,16,21H,7,9-10,14-15H2,1-5H3/b12-11+,17-13+. The van der Waals surface area contributed by atoms with E-state index in [0.717, 1.165) is 12.0 Å². The Hall–Kier alpha value is -1.26. The Labute approximate surface area is 130 Å².